The average Bonchev–Trinajstić information content (AvgIpc) is 3.19. The van der Waals surface area contributed by atoms with Gasteiger partial charge in [0.15, 0.2) is 0 Å². The molecule has 4 heteroatoms. The molecule has 2 aliphatic rings. The summed E-state index contributed by atoms with van der Waals surface area (Å²) in [5.74, 6) is 1.83. The Labute approximate surface area is 134 Å². The molecule has 2 saturated carbocycles. The quantitative estimate of drug-likeness (QED) is 0.869. The van der Waals surface area contributed by atoms with Gasteiger partial charge in [-0.25, -0.2) is 4.98 Å². The van der Waals surface area contributed by atoms with E-state index in [0.29, 0.717) is 12.0 Å². The van der Waals surface area contributed by atoms with E-state index in [9.17, 15) is 0 Å². The van der Waals surface area contributed by atoms with Crippen LogP contribution in [0.1, 0.15) is 57.3 Å². The summed E-state index contributed by atoms with van der Waals surface area (Å²) in [7, 11) is 0. The number of halogens is 1. The Kier molecular flexibility index (Phi) is 3.16. The van der Waals surface area contributed by atoms with Gasteiger partial charge in [0, 0.05) is 10.5 Å². The first-order valence-corrected chi connectivity index (χ1v) is 8.83. The number of nitrogens with zero attached hydrogens (tertiary/aromatic N) is 2. The molecule has 0 spiro atoms. The van der Waals surface area contributed by atoms with Crippen molar-refractivity contribution < 1.29 is 0 Å². The molecular formula is C17H22BrN3. The molecule has 2 aromatic rings. The lowest BCUT2D eigenvalue weighted by Crippen LogP contribution is -2.43. The maximum Gasteiger partial charge on any atom is 0.130 e. The largest absolute Gasteiger partial charge is 0.323 e. The van der Waals surface area contributed by atoms with Gasteiger partial charge >= 0.3 is 0 Å². The van der Waals surface area contributed by atoms with Gasteiger partial charge in [-0.2, -0.15) is 0 Å². The van der Waals surface area contributed by atoms with E-state index in [-0.39, 0.29) is 5.54 Å². The number of nitrogens with two attached hydrogens (primary N) is 1. The van der Waals surface area contributed by atoms with E-state index in [1.54, 1.807) is 0 Å². The molecule has 0 radical (unpaired) electrons. The maximum atomic E-state index is 6.84. The fraction of sp³-hybridized carbons (Fsp3) is 0.588. The molecule has 2 N–H and O–H groups in total. The number of hydrogen-bond acceptors (Lipinski definition) is 2. The summed E-state index contributed by atoms with van der Waals surface area (Å²) in [6.07, 6.45) is 7.17. The van der Waals surface area contributed by atoms with Gasteiger partial charge < -0.3 is 10.3 Å². The minimum atomic E-state index is -0.244. The van der Waals surface area contributed by atoms with Gasteiger partial charge in [-0.1, -0.05) is 35.7 Å². The monoisotopic (exact) mass is 347 g/mol. The van der Waals surface area contributed by atoms with Crippen molar-refractivity contribution in [2.24, 2.45) is 11.7 Å². The van der Waals surface area contributed by atoms with Crippen molar-refractivity contribution in [3.8, 4) is 0 Å². The first-order valence-electron chi connectivity index (χ1n) is 8.04. The highest BCUT2D eigenvalue weighted by atomic mass is 79.9. The topological polar surface area (TPSA) is 43.8 Å². The molecule has 0 saturated heterocycles. The molecule has 3 nitrogen and oxygen atoms in total. The molecule has 4 rings (SSSR count). The predicted octanol–water partition coefficient (Wildman–Crippen LogP) is 4.50. The van der Waals surface area contributed by atoms with E-state index in [1.807, 2.05) is 0 Å². The van der Waals surface area contributed by atoms with E-state index in [2.05, 4.69) is 45.6 Å². The van der Waals surface area contributed by atoms with Crippen molar-refractivity contribution in [3.05, 3.63) is 28.5 Å². The van der Waals surface area contributed by atoms with Crippen LogP contribution in [0.25, 0.3) is 11.0 Å². The predicted molar refractivity (Wildman–Crippen MR) is 89.2 cm³/mol. The van der Waals surface area contributed by atoms with Crippen molar-refractivity contribution in [2.75, 3.05) is 0 Å². The normalized spacial score (nSPS) is 30.0. The summed E-state index contributed by atoms with van der Waals surface area (Å²) in [5, 5.41) is 0. The summed E-state index contributed by atoms with van der Waals surface area (Å²) in [5.41, 5.74) is 8.93. The van der Waals surface area contributed by atoms with Gasteiger partial charge in [0.2, 0.25) is 0 Å². The lowest BCUT2D eigenvalue weighted by Gasteiger charge is -2.36. The summed E-state index contributed by atoms with van der Waals surface area (Å²) < 4.78 is 3.53. The van der Waals surface area contributed by atoms with Crippen LogP contribution in [0.4, 0.5) is 0 Å². The minimum Gasteiger partial charge on any atom is -0.323 e. The number of rotatable bonds is 2. The minimum absolute atomic E-state index is 0.244. The number of benzene rings is 1. The van der Waals surface area contributed by atoms with Crippen molar-refractivity contribution in [3.63, 3.8) is 0 Å². The zero-order valence-corrected chi connectivity index (χ0v) is 14.1. The molecule has 2 aliphatic carbocycles. The highest BCUT2D eigenvalue weighted by molar-refractivity contribution is 9.10. The van der Waals surface area contributed by atoms with Crippen LogP contribution in [0.2, 0.25) is 0 Å². The Balaban J connectivity index is 1.89. The van der Waals surface area contributed by atoms with Crippen LogP contribution in [-0.4, -0.2) is 9.55 Å². The molecule has 0 bridgehead atoms. The van der Waals surface area contributed by atoms with Crippen LogP contribution in [-0.2, 0) is 5.54 Å². The van der Waals surface area contributed by atoms with Crippen LogP contribution in [0, 0.1) is 5.92 Å². The third kappa shape index (κ3) is 2.33. The fourth-order valence-corrected chi connectivity index (χ4v) is 4.27. The number of imidazole rings is 1. The maximum absolute atomic E-state index is 6.84. The first kappa shape index (κ1) is 13.8. The second-order valence-electron chi connectivity index (χ2n) is 7.03. The highest BCUT2D eigenvalue weighted by Crippen LogP contribution is 2.44. The molecule has 1 aromatic carbocycles. The van der Waals surface area contributed by atoms with Crippen LogP contribution >= 0.6 is 15.9 Å². The molecular weight excluding hydrogens is 326 g/mol. The van der Waals surface area contributed by atoms with Crippen LogP contribution in [0.3, 0.4) is 0 Å². The SMILES string of the molecule is CC1CCCC(N)(c2nc3cc(Br)ccc3n2C2CC2)C1. The van der Waals surface area contributed by atoms with Gasteiger partial charge in [0.05, 0.1) is 16.6 Å². The summed E-state index contributed by atoms with van der Waals surface area (Å²) in [6, 6.07) is 7.03. The standard InChI is InChI=1S/C17H22BrN3/c1-11-3-2-8-17(19,10-11)16-20-14-9-12(18)4-7-15(14)21(16)13-5-6-13/h4,7,9,11,13H,2-3,5-6,8,10,19H2,1H3. The second kappa shape index (κ2) is 4.82. The van der Waals surface area contributed by atoms with Crippen molar-refractivity contribution in [1.29, 1.82) is 0 Å². The fourth-order valence-electron chi connectivity index (χ4n) is 3.92. The van der Waals surface area contributed by atoms with Gasteiger partial charge in [-0.05, 0) is 49.8 Å². The number of aromatic nitrogens is 2. The average molecular weight is 348 g/mol. The second-order valence-corrected chi connectivity index (χ2v) is 7.94. The molecule has 21 heavy (non-hydrogen) atoms. The number of hydrogen-bond donors (Lipinski definition) is 1. The van der Waals surface area contributed by atoms with Crippen molar-refractivity contribution >= 4 is 27.0 Å². The molecule has 2 fully saturated rings. The van der Waals surface area contributed by atoms with E-state index in [4.69, 9.17) is 10.7 Å². The molecule has 0 amide bonds. The Morgan fingerprint density at radius 1 is 1.33 bits per heavy atom. The molecule has 112 valence electrons. The summed E-state index contributed by atoms with van der Waals surface area (Å²) in [4.78, 5) is 4.97. The number of fused-ring (bicyclic) bond motifs is 1. The van der Waals surface area contributed by atoms with Crippen molar-refractivity contribution in [2.45, 2.75) is 57.0 Å². The highest BCUT2D eigenvalue weighted by Gasteiger charge is 2.40. The Morgan fingerprint density at radius 3 is 2.86 bits per heavy atom. The molecule has 0 aliphatic heterocycles. The van der Waals surface area contributed by atoms with Gasteiger partial charge in [0.1, 0.15) is 5.82 Å². The van der Waals surface area contributed by atoms with E-state index in [1.165, 1.54) is 31.2 Å². The third-order valence-corrected chi connectivity index (χ3v) is 5.53. The van der Waals surface area contributed by atoms with Crippen molar-refractivity contribution in [1.82, 2.24) is 9.55 Å². The lowest BCUT2D eigenvalue weighted by molar-refractivity contribution is 0.223. The zero-order valence-electron chi connectivity index (χ0n) is 12.5. The summed E-state index contributed by atoms with van der Waals surface area (Å²) >= 11 is 3.56. The Bertz CT molecular complexity index is 689. The Hall–Kier alpha value is -0.870. The molecule has 2 atom stereocenters. The third-order valence-electron chi connectivity index (χ3n) is 5.04. The van der Waals surface area contributed by atoms with E-state index < -0.39 is 0 Å². The zero-order chi connectivity index (χ0) is 14.6. The van der Waals surface area contributed by atoms with E-state index >= 15 is 0 Å². The molecule has 1 heterocycles. The van der Waals surface area contributed by atoms with Gasteiger partial charge in [0.25, 0.3) is 0 Å². The molecule has 2 unspecified atom stereocenters. The summed E-state index contributed by atoms with van der Waals surface area (Å²) in [6.45, 7) is 2.32. The lowest BCUT2D eigenvalue weighted by atomic mass is 9.76. The van der Waals surface area contributed by atoms with Crippen LogP contribution < -0.4 is 5.73 Å². The van der Waals surface area contributed by atoms with Crippen LogP contribution in [0.15, 0.2) is 22.7 Å². The van der Waals surface area contributed by atoms with Gasteiger partial charge in [-0.3, -0.25) is 0 Å². The first-order chi connectivity index (χ1) is 10.1. The van der Waals surface area contributed by atoms with E-state index in [0.717, 1.165) is 28.7 Å². The molecule has 1 aromatic heterocycles. The van der Waals surface area contributed by atoms with Gasteiger partial charge in [-0.15, -0.1) is 0 Å². The Morgan fingerprint density at radius 2 is 2.14 bits per heavy atom. The smallest absolute Gasteiger partial charge is 0.130 e. The van der Waals surface area contributed by atoms with Crippen LogP contribution in [0.5, 0.6) is 0 Å².